The fraction of sp³-hybridized carbons (Fsp3) is 0.640. The molecule has 0 N–H and O–H groups in total. The van der Waals surface area contributed by atoms with Crippen LogP contribution in [0.25, 0.3) is 11.1 Å². The second kappa shape index (κ2) is 20.8. The second-order valence-electron chi connectivity index (χ2n) is 17.9. The van der Waals surface area contributed by atoms with E-state index < -0.39 is 11.6 Å². The van der Waals surface area contributed by atoms with E-state index in [4.69, 9.17) is 4.74 Å². The fourth-order valence-corrected chi connectivity index (χ4v) is 11.6. The molecule has 3 nitrogen and oxygen atoms in total. The number of ether oxygens (including phenoxy) is 1. The number of rotatable bonds is 14. The Labute approximate surface area is 331 Å². The van der Waals surface area contributed by atoms with Gasteiger partial charge in [0.2, 0.25) is 0 Å². The maximum atomic E-state index is 15.0. The van der Waals surface area contributed by atoms with Gasteiger partial charge in [0, 0.05) is 0 Å². The highest BCUT2D eigenvalue weighted by atomic mass is 19.1. The molecule has 0 saturated heterocycles. The first-order valence-electron chi connectivity index (χ1n) is 22.3. The predicted molar refractivity (Wildman–Crippen MR) is 221 cm³/mol. The van der Waals surface area contributed by atoms with Crippen molar-refractivity contribution in [1.82, 2.24) is 0 Å². The van der Waals surface area contributed by atoms with Crippen molar-refractivity contribution in [2.75, 3.05) is 13.2 Å². The van der Waals surface area contributed by atoms with Gasteiger partial charge in [-0.1, -0.05) is 102 Å². The highest BCUT2D eigenvalue weighted by Gasteiger charge is 2.34. The molecule has 296 valence electrons. The minimum atomic E-state index is -0.467. The zero-order valence-electron chi connectivity index (χ0n) is 33.9. The van der Waals surface area contributed by atoms with Crippen molar-refractivity contribution in [2.24, 2.45) is 47.3 Å². The molecule has 4 fully saturated rings. The van der Waals surface area contributed by atoms with Gasteiger partial charge in [-0.3, -0.25) is 0 Å². The predicted octanol–water partition coefficient (Wildman–Crippen LogP) is 14.0. The monoisotopic (exact) mass is 749 g/mol. The Kier molecular flexibility index (Phi) is 15.6. The first-order valence-corrected chi connectivity index (χ1v) is 22.3. The van der Waals surface area contributed by atoms with Gasteiger partial charge in [-0.2, -0.15) is 10.5 Å². The summed E-state index contributed by atoms with van der Waals surface area (Å²) in [6.07, 6.45) is 30.0. The lowest BCUT2D eigenvalue weighted by Crippen LogP contribution is -2.27. The van der Waals surface area contributed by atoms with E-state index in [1.165, 1.54) is 115 Å². The molecule has 55 heavy (non-hydrogen) atoms. The maximum absolute atomic E-state index is 15.0. The maximum Gasteiger partial charge on any atom is 0.141 e. The first-order chi connectivity index (χ1) is 26.9. The molecule has 0 aromatic heterocycles. The SMILES string of the molecule is CCC[C@H]1CCC[C@H](C2CCC(C(=CCOCC=C(c3ccc(C#N)c(F)c3)C3CCC([C@H]4CCC[C@H](CCC)C4)CC3)c3ccc(C#N)c(F)c3)CC2)C1. The van der Waals surface area contributed by atoms with Crippen LogP contribution in [-0.4, -0.2) is 13.2 Å². The molecule has 5 heteroatoms. The summed E-state index contributed by atoms with van der Waals surface area (Å²) < 4.78 is 36.3. The zero-order chi connectivity index (χ0) is 38.6. The molecule has 0 bridgehead atoms. The topological polar surface area (TPSA) is 56.8 Å². The summed E-state index contributed by atoms with van der Waals surface area (Å²) in [5.41, 5.74) is 4.12. The summed E-state index contributed by atoms with van der Waals surface area (Å²) >= 11 is 0. The molecular formula is C50H66F2N2O. The minimum Gasteiger partial charge on any atom is -0.373 e. The lowest BCUT2D eigenvalue weighted by molar-refractivity contribution is 0.145. The van der Waals surface area contributed by atoms with Gasteiger partial charge in [-0.05, 0) is 158 Å². The third-order valence-corrected chi connectivity index (χ3v) is 14.5. The van der Waals surface area contributed by atoms with Crippen LogP contribution in [-0.2, 0) is 4.74 Å². The largest absolute Gasteiger partial charge is 0.373 e. The molecule has 2 aromatic carbocycles. The van der Waals surface area contributed by atoms with Crippen molar-refractivity contribution in [3.63, 3.8) is 0 Å². The lowest BCUT2D eigenvalue weighted by Gasteiger charge is -2.39. The van der Waals surface area contributed by atoms with E-state index in [1.807, 2.05) is 24.3 Å². The van der Waals surface area contributed by atoms with Crippen molar-refractivity contribution >= 4 is 11.1 Å². The second-order valence-corrected chi connectivity index (χ2v) is 17.9. The van der Waals surface area contributed by atoms with Crippen LogP contribution >= 0.6 is 0 Å². The summed E-state index contributed by atoms with van der Waals surface area (Å²) in [5.74, 6) is 4.82. The van der Waals surface area contributed by atoms with Crippen molar-refractivity contribution in [2.45, 2.75) is 142 Å². The smallest absolute Gasteiger partial charge is 0.141 e. The van der Waals surface area contributed by atoms with Crippen LogP contribution in [0, 0.1) is 81.6 Å². The molecule has 0 unspecified atom stereocenters. The number of hydrogen-bond donors (Lipinski definition) is 0. The normalized spacial score (nSPS) is 29.3. The number of nitriles is 2. The van der Waals surface area contributed by atoms with E-state index in [2.05, 4.69) is 26.0 Å². The molecule has 0 heterocycles. The van der Waals surface area contributed by atoms with Crippen molar-refractivity contribution in [3.05, 3.63) is 82.4 Å². The zero-order valence-corrected chi connectivity index (χ0v) is 33.9. The van der Waals surface area contributed by atoms with Gasteiger partial charge in [0.15, 0.2) is 0 Å². The van der Waals surface area contributed by atoms with E-state index in [0.29, 0.717) is 25.0 Å². The molecule has 4 atom stereocenters. The van der Waals surface area contributed by atoms with Crippen LogP contribution in [0.5, 0.6) is 0 Å². The lowest BCUT2D eigenvalue weighted by atomic mass is 9.67. The molecule has 0 radical (unpaired) electrons. The van der Waals surface area contributed by atoms with E-state index in [9.17, 15) is 19.3 Å². The highest BCUT2D eigenvalue weighted by Crippen LogP contribution is 2.47. The van der Waals surface area contributed by atoms with Gasteiger partial charge < -0.3 is 4.74 Å². The van der Waals surface area contributed by atoms with E-state index >= 15 is 0 Å². The van der Waals surface area contributed by atoms with Crippen molar-refractivity contribution in [1.29, 1.82) is 10.5 Å². The van der Waals surface area contributed by atoms with Crippen molar-refractivity contribution in [3.8, 4) is 12.1 Å². The molecule has 4 saturated carbocycles. The summed E-state index contributed by atoms with van der Waals surface area (Å²) in [5, 5.41) is 18.8. The number of hydrogen-bond acceptors (Lipinski definition) is 3. The highest BCUT2D eigenvalue weighted by molar-refractivity contribution is 5.69. The Balaban J connectivity index is 1.13. The average molecular weight is 749 g/mol. The van der Waals surface area contributed by atoms with Crippen LogP contribution in [0.1, 0.15) is 165 Å². The van der Waals surface area contributed by atoms with Crippen LogP contribution in [0.15, 0.2) is 48.6 Å². The molecule has 0 spiro atoms. The standard InChI is InChI=1S/C50H66F2N2O/c1-3-7-35-9-5-11-41(29-35)37-13-17-39(18-14-37)47(43-21-23-45(33-53)49(51)31-43)25-27-55-28-26-48(44-22-24-46(34-54)50(52)32-44)40-19-15-38(16-20-40)42-12-6-10-36(30-42)8-4-2/h21-26,31-32,35-42H,3-20,27-30H2,1-2H3/t35-,36-,37?,38?,39?,40?,41-,42-/m0/s1. The summed E-state index contributed by atoms with van der Waals surface area (Å²) in [4.78, 5) is 0. The van der Waals surface area contributed by atoms with Crippen LogP contribution in [0.4, 0.5) is 8.78 Å². The molecule has 0 amide bonds. The van der Waals surface area contributed by atoms with Crippen LogP contribution < -0.4 is 0 Å². The fourth-order valence-electron chi connectivity index (χ4n) is 11.6. The number of allylic oxidation sites excluding steroid dienone is 2. The average Bonchev–Trinajstić information content (AvgIpc) is 3.21. The summed E-state index contributed by atoms with van der Waals surface area (Å²) in [7, 11) is 0. The van der Waals surface area contributed by atoms with Gasteiger partial charge in [0.1, 0.15) is 23.8 Å². The molecule has 0 aliphatic heterocycles. The van der Waals surface area contributed by atoms with E-state index in [1.54, 1.807) is 12.1 Å². The first kappa shape index (κ1) is 41.4. The van der Waals surface area contributed by atoms with Gasteiger partial charge >= 0.3 is 0 Å². The van der Waals surface area contributed by atoms with Gasteiger partial charge in [-0.25, -0.2) is 8.78 Å². The summed E-state index contributed by atoms with van der Waals surface area (Å²) in [6.45, 7) is 5.43. The molecule has 4 aliphatic rings. The van der Waals surface area contributed by atoms with Gasteiger partial charge in [-0.15, -0.1) is 0 Å². The Bertz CT molecular complexity index is 1550. The number of halogens is 2. The Hall–Kier alpha value is -3.28. The van der Waals surface area contributed by atoms with Crippen LogP contribution in [0.3, 0.4) is 0 Å². The Morgan fingerprint density at radius 3 is 1.38 bits per heavy atom. The number of nitrogens with zero attached hydrogens (tertiary/aromatic N) is 2. The molecule has 6 rings (SSSR count). The Morgan fingerprint density at radius 1 is 0.600 bits per heavy atom. The Morgan fingerprint density at radius 2 is 1.02 bits per heavy atom. The van der Waals surface area contributed by atoms with Crippen molar-refractivity contribution < 1.29 is 13.5 Å². The van der Waals surface area contributed by atoms with E-state index in [0.717, 1.165) is 83.5 Å². The summed E-state index contributed by atoms with van der Waals surface area (Å²) in [6, 6.07) is 14.1. The minimum absolute atomic E-state index is 0.0763. The third-order valence-electron chi connectivity index (χ3n) is 14.5. The quantitative estimate of drug-likeness (QED) is 0.181. The molecule has 4 aliphatic carbocycles. The van der Waals surface area contributed by atoms with Gasteiger partial charge in [0.05, 0.1) is 24.3 Å². The van der Waals surface area contributed by atoms with E-state index in [-0.39, 0.29) is 11.1 Å². The number of benzene rings is 2. The third kappa shape index (κ3) is 11.0. The van der Waals surface area contributed by atoms with Crippen LogP contribution in [0.2, 0.25) is 0 Å². The van der Waals surface area contributed by atoms with Gasteiger partial charge in [0.25, 0.3) is 0 Å². The molecule has 2 aromatic rings. The molecular weight excluding hydrogens is 683 g/mol.